The third kappa shape index (κ3) is 3.90. The Morgan fingerprint density at radius 1 is 1.19 bits per heavy atom. The van der Waals surface area contributed by atoms with Crippen molar-refractivity contribution in [2.45, 2.75) is 18.8 Å². The van der Waals surface area contributed by atoms with Gasteiger partial charge < -0.3 is 4.74 Å². The van der Waals surface area contributed by atoms with Crippen LogP contribution in [0.1, 0.15) is 24.5 Å². The lowest BCUT2D eigenvalue weighted by molar-refractivity contribution is 0.296. The molecule has 1 aliphatic heterocycles. The molecule has 2 heterocycles. The number of rotatable bonds is 5. The Kier molecular flexibility index (Phi) is 5.60. The zero-order chi connectivity index (χ0) is 18.7. The summed E-state index contributed by atoms with van der Waals surface area (Å²) in [6, 6.07) is 13.7. The molecule has 7 heteroatoms. The van der Waals surface area contributed by atoms with Gasteiger partial charge in [0, 0.05) is 44.4 Å². The molecule has 26 heavy (non-hydrogen) atoms. The van der Waals surface area contributed by atoms with Gasteiger partial charge in [0.15, 0.2) is 0 Å². The fraction of sp³-hybridized carbons (Fsp3) is 0.421. The van der Waals surface area contributed by atoms with E-state index in [1.807, 2.05) is 42.5 Å². The molecular formula is C19H25N3O3S. The minimum Gasteiger partial charge on any atom is -0.497 e. The van der Waals surface area contributed by atoms with Crippen molar-refractivity contribution in [3.05, 3.63) is 48.2 Å². The third-order valence-corrected chi connectivity index (χ3v) is 6.63. The number of piperidine rings is 1. The molecule has 0 unspecified atom stereocenters. The molecule has 1 fully saturated rings. The summed E-state index contributed by atoms with van der Waals surface area (Å²) in [4.78, 5) is 4.81. The third-order valence-electron chi connectivity index (χ3n) is 4.73. The number of pyridine rings is 1. The van der Waals surface area contributed by atoms with E-state index < -0.39 is 10.2 Å². The average molecular weight is 375 g/mol. The van der Waals surface area contributed by atoms with Crippen LogP contribution in [0.4, 0.5) is 0 Å². The van der Waals surface area contributed by atoms with Gasteiger partial charge in [-0.25, -0.2) is 0 Å². The maximum Gasteiger partial charge on any atom is 0.281 e. The summed E-state index contributed by atoms with van der Waals surface area (Å²) in [7, 11) is 1.39. The van der Waals surface area contributed by atoms with Crippen LogP contribution in [0, 0.1) is 0 Å². The lowest BCUT2D eigenvalue weighted by atomic mass is 9.95. The Balaban J connectivity index is 1.86. The van der Waals surface area contributed by atoms with E-state index >= 15 is 0 Å². The van der Waals surface area contributed by atoms with Gasteiger partial charge in [0.25, 0.3) is 10.2 Å². The second kappa shape index (κ2) is 7.73. The van der Waals surface area contributed by atoms with Gasteiger partial charge in [-0.15, -0.1) is 0 Å². The molecule has 0 bridgehead atoms. The molecule has 0 saturated carbocycles. The monoisotopic (exact) mass is 375 g/mol. The van der Waals surface area contributed by atoms with Crippen LogP contribution in [-0.4, -0.2) is 56.3 Å². The summed E-state index contributed by atoms with van der Waals surface area (Å²) in [5.41, 5.74) is 2.79. The molecule has 1 aliphatic rings. The first-order chi connectivity index (χ1) is 12.4. The molecule has 6 nitrogen and oxygen atoms in total. The zero-order valence-corrected chi connectivity index (χ0v) is 16.2. The van der Waals surface area contributed by atoms with E-state index in [-0.39, 0.29) is 5.92 Å². The number of nitrogens with zero attached hydrogens (tertiary/aromatic N) is 3. The van der Waals surface area contributed by atoms with Crippen molar-refractivity contribution >= 4 is 10.2 Å². The first kappa shape index (κ1) is 18.8. The summed E-state index contributed by atoms with van der Waals surface area (Å²) in [5, 5.41) is 0. The van der Waals surface area contributed by atoms with E-state index in [1.165, 1.54) is 4.31 Å². The summed E-state index contributed by atoms with van der Waals surface area (Å²) in [5.74, 6) is 0.889. The minimum atomic E-state index is -3.39. The maximum absolute atomic E-state index is 12.4. The summed E-state index contributed by atoms with van der Waals surface area (Å²) in [6.45, 7) is 1.03. The number of ether oxygens (including phenoxy) is 1. The van der Waals surface area contributed by atoms with Gasteiger partial charge in [-0.1, -0.05) is 18.2 Å². The van der Waals surface area contributed by atoms with Crippen molar-refractivity contribution in [2.24, 2.45) is 0 Å². The van der Waals surface area contributed by atoms with Crippen molar-refractivity contribution in [3.63, 3.8) is 0 Å². The smallest absolute Gasteiger partial charge is 0.281 e. The molecular weight excluding hydrogens is 350 g/mol. The molecule has 1 aromatic heterocycles. The fourth-order valence-corrected chi connectivity index (χ4v) is 4.44. The van der Waals surface area contributed by atoms with Crippen molar-refractivity contribution in [3.8, 4) is 17.0 Å². The first-order valence-corrected chi connectivity index (χ1v) is 10.1. The van der Waals surface area contributed by atoms with Gasteiger partial charge in [-0.05, 0) is 37.1 Å². The predicted molar refractivity (Wildman–Crippen MR) is 102 cm³/mol. The van der Waals surface area contributed by atoms with E-state index in [2.05, 4.69) is 0 Å². The van der Waals surface area contributed by atoms with Gasteiger partial charge in [0.1, 0.15) is 5.75 Å². The van der Waals surface area contributed by atoms with Crippen molar-refractivity contribution in [1.29, 1.82) is 0 Å². The molecule has 0 radical (unpaired) electrons. The van der Waals surface area contributed by atoms with Crippen molar-refractivity contribution in [2.75, 3.05) is 34.3 Å². The van der Waals surface area contributed by atoms with Gasteiger partial charge >= 0.3 is 0 Å². The van der Waals surface area contributed by atoms with Crippen molar-refractivity contribution < 1.29 is 13.2 Å². The van der Waals surface area contributed by atoms with E-state index in [0.717, 1.165) is 35.5 Å². The molecule has 2 aromatic rings. The Bertz CT molecular complexity index is 868. The average Bonchev–Trinajstić information content (AvgIpc) is 2.68. The van der Waals surface area contributed by atoms with E-state index in [9.17, 15) is 8.42 Å². The van der Waals surface area contributed by atoms with Crippen molar-refractivity contribution in [1.82, 2.24) is 13.6 Å². The quantitative estimate of drug-likeness (QED) is 0.806. The number of aromatic nitrogens is 1. The van der Waals surface area contributed by atoms with Crippen LogP contribution in [0.15, 0.2) is 42.5 Å². The van der Waals surface area contributed by atoms with Crippen LogP contribution in [0.2, 0.25) is 0 Å². The highest BCUT2D eigenvalue weighted by atomic mass is 32.2. The molecule has 1 aromatic carbocycles. The standard InChI is InChI=1S/C19H25N3O3S/c1-21(2)26(23,24)22-12-6-8-16(14-22)19-11-5-10-18(20-19)15-7-4-9-17(13-15)25-3/h4-5,7,9-11,13,16H,6,8,12,14H2,1-3H3/t16-/m1/s1. The van der Waals surface area contributed by atoms with Gasteiger partial charge in [-0.3, -0.25) is 4.98 Å². The number of hydrogen-bond acceptors (Lipinski definition) is 4. The largest absolute Gasteiger partial charge is 0.497 e. The molecule has 0 amide bonds. The lowest BCUT2D eigenvalue weighted by Gasteiger charge is -2.33. The van der Waals surface area contributed by atoms with Crippen LogP contribution in [0.3, 0.4) is 0 Å². The highest BCUT2D eigenvalue weighted by molar-refractivity contribution is 7.86. The molecule has 0 aliphatic carbocycles. The molecule has 1 saturated heterocycles. The van der Waals surface area contributed by atoms with Crippen LogP contribution in [0.5, 0.6) is 5.75 Å². The maximum atomic E-state index is 12.4. The SMILES string of the molecule is COc1cccc(-c2cccc([C@@H]3CCCN(S(=O)(=O)N(C)C)C3)n2)c1. The number of benzene rings is 1. The van der Waals surface area contributed by atoms with Gasteiger partial charge in [0.2, 0.25) is 0 Å². The van der Waals surface area contributed by atoms with Gasteiger partial charge in [-0.2, -0.15) is 17.0 Å². The highest BCUT2D eigenvalue weighted by Crippen LogP contribution is 2.30. The summed E-state index contributed by atoms with van der Waals surface area (Å²) < 4.78 is 33.0. The number of hydrogen-bond donors (Lipinski definition) is 0. The molecule has 140 valence electrons. The Hall–Kier alpha value is -1.96. The Labute approximate surface area is 155 Å². The van der Waals surface area contributed by atoms with Crippen LogP contribution >= 0.6 is 0 Å². The number of methoxy groups -OCH3 is 1. The van der Waals surface area contributed by atoms with Crippen LogP contribution in [0.25, 0.3) is 11.3 Å². The van der Waals surface area contributed by atoms with Gasteiger partial charge in [0.05, 0.1) is 12.8 Å². The molecule has 0 spiro atoms. The van der Waals surface area contributed by atoms with E-state index in [1.54, 1.807) is 25.5 Å². The summed E-state index contributed by atoms with van der Waals surface area (Å²) in [6.07, 6.45) is 1.77. The van der Waals surface area contributed by atoms with E-state index in [0.29, 0.717) is 13.1 Å². The Morgan fingerprint density at radius 2 is 1.96 bits per heavy atom. The second-order valence-corrected chi connectivity index (χ2v) is 8.81. The van der Waals surface area contributed by atoms with Crippen LogP contribution < -0.4 is 4.74 Å². The molecule has 0 N–H and O–H groups in total. The molecule has 1 atom stereocenters. The first-order valence-electron chi connectivity index (χ1n) is 8.71. The summed E-state index contributed by atoms with van der Waals surface area (Å²) >= 11 is 0. The zero-order valence-electron chi connectivity index (χ0n) is 15.4. The molecule has 3 rings (SSSR count). The Morgan fingerprint density at radius 3 is 2.69 bits per heavy atom. The minimum absolute atomic E-state index is 0.101. The normalized spacial score (nSPS) is 18.8. The van der Waals surface area contributed by atoms with Crippen LogP contribution in [-0.2, 0) is 10.2 Å². The highest BCUT2D eigenvalue weighted by Gasteiger charge is 2.31. The second-order valence-electron chi connectivity index (χ2n) is 6.67. The van der Waals surface area contributed by atoms with E-state index in [4.69, 9.17) is 9.72 Å². The topological polar surface area (TPSA) is 62.7 Å². The predicted octanol–water partition coefficient (Wildman–Crippen LogP) is 2.74. The lowest BCUT2D eigenvalue weighted by Crippen LogP contribution is -2.45. The fourth-order valence-electron chi connectivity index (χ4n) is 3.25.